The molecule has 174 valence electrons. The molecule has 3 heterocycles. The molecule has 7 nitrogen and oxygen atoms in total. The highest BCUT2D eigenvalue weighted by molar-refractivity contribution is 6.30. The predicted octanol–water partition coefficient (Wildman–Crippen LogP) is 3.39. The van der Waals surface area contributed by atoms with E-state index in [0.717, 1.165) is 35.5 Å². The van der Waals surface area contributed by atoms with E-state index >= 15 is 0 Å². The first-order valence-corrected chi connectivity index (χ1v) is 11.8. The van der Waals surface area contributed by atoms with E-state index in [1.807, 2.05) is 50.2 Å². The van der Waals surface area contributed by atoms with Gasteiger partial charge in [0.15, 0.2) is 0 Å². The average molecular weight is 468 g/mol. The zero-order valence-corrected chi connectivity index (χ0v) is 20.2. The minimum Gasteiger partial charge on any atom is -0.343 e. The maximum Gasteiger partial charge on any atom is 0.328 e. The number of likely N-dealkylation sites (N-methyl/N-ethyl adjacent to an activating group) is 1. The quantitative estimate of drug-likeness (QED) is 0.749. The Hall–Kier alpha value is -2.61. The molecule has 0 spiro atoms. The maximum absolute atomic E-state index is 13.8. The molecule has 3 aliphatic heterocycles. The summed E-state index contributed by atoms with van der Waals surface area (Å²) in [7, 11) is 1.78. The molecule has 33 heavy (non-hydrogen) atoms. The van der Waals surface area contributed by atoms with Crippen molar-refractivity contribution in [1.82, 2.24) is 20.0 Å². The SMILES string of the molecule is Cc1ccc(C)c(CN2C(=O)C3C(NC4N(c5ccc(Cl)cc5)CC(C)CN34)N(C)C2=O)c1. The van der Waals surface area contributed by atoms with Crippen molar-refractivity contribution in [3.05, 3.63) is 64.2 Å². The van der Waals surface area contributed by atoms with Gasteiger partial charge in [0, 0.05) is 30.8 Å². The molecule has 3 aliphatic rings. The average Bonchev–Trinajstić information content (AvgIpc) is 3.17. The van der Waals surface area contributed by atoms with Gasteiger partial charge in [0.1, 0.15) is 18.5 Å². The van der Waals surface area contributed by atoms with Gasteiger partial charge in [0.25, 0.3) is 5.91 Å². The molecule has 4 atom stereocenters. The molecule has 3 fully saturated rings. The van der Waals surface area contributed by atoms with Crippen molar-refractivity contribution in [3.8, 4) is 0 Å². The highest BCUT2D eigenvalue weighted by atomic mass is 35.5. The van der Waals surface area contributed by atoms with Gasteiger partial charge >= 0.3 is 6.03 Å². The van der Waals surface area contributed by atoms with Gasteiger partial charge in [-0.3, -0.25) is 19.9 Å². The van der Waals surface area contributed by atoms with Crippen LogP contribution >= 0.6 is 11.6 Å². The van der Waals surface area contributed by atoms with Gasteiger partial charge < -0.3 is 9.80 Å². The van der Waals surface area contributed by atoms with Gasteiger partial charge in [0.2, 0.25) is 0 Å². The Bertz CT molecular complexity index is 1090. The lowest BCUT2D eigenvalue weighted by atomic mass is 10.0. The van der Waals surface area contributed by atoms with E-state index in [0.29, 0.717) is 10.9 Å². The summed E-state index contributed by atoms with van der Waals surface area (Å²) in [6, 6.07) is 13.2. The molecular weight excluding hydrogens is 438 g/mol. The second-order valence-corrected chi connectivity index (χ2v) is 10.0. The first-order valence-electron chi connectivity index (χ1n) is 11.4. The van der Waals surface area contributed by atoms with Crippen molar-refractivity contribution >= 4 is 29.2 Å². The number of benzene rings is 2. The van der Waals surface area contributed by atoms with Gasteiger partial charge in [-0.2, -0.15) is 0 Å². The van der Waals surface area contributed by atoms with E-state index < -0.39 is 6.04 Å². The fraction of sp³-hybridized carbons (Fsp3) is 0.440. The highest BCUT2D eigenvalue weighted by Crippen LogP contribution is 2.35. The number of hydrogen-bond acceptors (Lipinski definition) is 5. The van der Waals surface area contributed by atoms with Crippen LogP contribution in [0.2, 0.25) is 5.02 Å². The molecule has 0 saturated carbocycles. The molecule has 1 N–H and O–H groups in total. The topological polar surface area (TPSA) is 59.1 Å². The number of nitrogens with zero attached hydrogens (tertiary/aromatic N) is 4. The largest absolute Gasteiger partial charge is 0.343 e. The van der Waals surface area contributed by atoms with Gasteiger partial charge in [0.05, 0.1) is 6.54 Å². The lowest BCUT2D eigenvalue weighted by Gasteiger charge is -2.46. The van der Waals surface area contributed by atoms with E-state index in [4.69, 9.17) is 11.6 Å². The van der Waals surface area contributed by atoms with Gasteiger partial charge in [-0.1, -0.05) is 42.3 Å². The molecule has 2 aromatic rings. The first kappa shape index (κ1) is 22.2. The number of urea groups is 1. The van der Waals surface area contributed by atoms with Gasteiger partial charge in [-0.05, 0) is 55.2 Å². The number of imide groups is 1. The molecule has 3 amide bonds. The van der Waals surface area contributed by atoms with Crippen molar-refractivity contribution in [3.63, 3.8) is 0 Å². The Morgan fingerprint density at radius 3 is 2.52 bits per heavy atom. The first-order chi connectivity index (χ1) is 15.7. The van der Waals surface area contributed by atoms with Crippen LogP contribution in [0.1, 0.15) is 23.6 Å². The van der Waals surface area contributed by atoms with E-state index in [9.17, 15) is 9.59 Å². The van der Waals surface area contributed by atoms with Gasteiger partial charge in [-0.15, -0.1) is 0 Å². The molecule has 0 radical (unpaired) electrons. The number of aryl methyl sites for hydroxylation is 2. The summed E-state index contributed by atoms with van der Waals surface area (Å²) in [5.74, 6) is 0.227. The number of amides is 3. The zero-order chi connectivity index (χ0) is 23.4. The predicted molar refractivity (Wildman–Crippen MR) is 129 cm³/mol. The van der Waals surface area contributed by atoms with Crippen molar-refractivity contribution in [1.29, 1.82) is 0 Å². The van der Waals surface area contributed by atoms with Crippen LogP contribution in [0.4, 0.5) is 10.5 Å². The van der Waals surface area contributed by atoms with Crippen LogP contribution in [0.15, 0.2) is 42.5 Å². The van der Waals surface area contributed by atoms with Crippen LogP contribution in [-0.2, 0) is 11.3 Å². The van der Waals surface area contributed by atoms with E-state index in [2.05, 4.69) is 28.1 Å². The second-order valence-electron chi connectivity index (χ2n) is 9.61. The molecule has 0 aliphatic carbocycles. The third-order valence-electron chi connectivity index (χ3n) is 7.08. The fourth-order valence-electron chi connectivity index (χ4n) is 5.34. The maximum atomic E-state index is 13.8. The molecule has 5 rings (SSSR count). The van der Waals surface area contributed by atoms with Crippen molar-refractivity contribution in [2.75, 3.05) is 25.0 Å². The summed E-state index contributed by atoms with van der Waals surface area (Å²) < 4.78 is 0. The molecule has 8 heteroatoms. The fourth-order valence-corrected chi connectivity index (χ4v) is 5.46. The molecule has 3 saturated heterocycles. The number of anilines is 1. The van der Waals surface area contributed by atoms with Crippen LogP contribution in [0, 0.1) is 19.8 Å². The van der Waals surface area contributed by atoms with E-state index in [-0.39, 0.29) is 30.9 Å². The Morgan fingerprint density at radius 2 is 1.79 bits per heavy atom. The third-order valence-corrected chi connectivity index (χ3v) is 7.33. The normalized spacial score (nSPS) is 27.7. The Kier molecular flexibility index (Phi) is 5.59. The smallest absolute Gasteiger partial charge is 0.328 e. The number of carbonyl (C=O) groups excluding carboxylic acids is 2. The van der Waals surface area contributed by atoms with Crippen LogP contribution in [0.3, 0.4) is 0 Å². The monoisotopic (exact) mass is 467 g/mol. The highest BCUT2D eigenvalue weighted by Gasteiger charge is 2.56. The Labute approximate surface area is 199 Å². The third kappa shape index (κ3) is 3.78. The van der Waals surface area contributed by atoms with E-state index in [1.165, 1.54) is 4.90 Å². The molecule has 2 aromatic carbocycles. The lowest BCUT2D eigenvalue weighted by Crippen LogP contribution is -2.66. The van der Waals surface area contributed by atoms with Gasteiger partial charge in [-0.25, -0.2) is 4.79 Å². The molecule has 0 aromatic heterocycles. The van der Waals surface area contributed by atoms with Crippen LogP contribution in [0.5, 0.6) is 0 Å². The van der Waals surface area contributed by atoms with Crippen LogP contribution in [0.25, 0.3) is 0 Å². The lowest BCUT2D eigenvalue weighted by molar-refractivity contribution is -0.139. The summed E-state index contributed by atoms with van der Waals surface area (Å²) in [6.45, 7) is 8.16. The molecule has 0 bridgehead atoms. The summed E-state index contributed by atoms with van der Waals surface area (Å²) in [4.78, 5) is 34.6. The number of halogens is 1. The summed E-state index contributed by atoms with van der Waals surface area (Å²) in [5, 5.41) is 4.26. The van der Waals surface area contributed by atoms with Crippen molar-refractivity contribution in [2.24, 2.45) is 5.92 Å². The number of fused-ring (bicyclic) bond motifs is 3. The number of rotatable bonds is 3. The number of carbonyl (C=O) groups is 2. The van der Waals surface area contributed by atoms with Crippen molar-refractivity contribution < 1.29 is 9.59 Å². The Balaban J connectivity index is 1.46. The molecular formula is C25H30ClN5O2. The summed E-state index contributed by atoms with van der Waals surface area (Å²) >= 11 is 6.11. The number of hydrogen-bond donors (Lipinski definition) is 1. The summed E-state index contributed by atoms with van der Waals surface area (Å²) in [5.41, 5.74) is 4.24. The van der Waals surface area contributed by atoms with Crippen molar-refractivity contribution in [2.45, 2.75) is 45.8 Å². The molecule has 4 unspecified atom stereocenters. The summed E-state index contributed by atoms with van der Waals surface area (Å²) in [6.07, 6.45) is -0.540. The minimum absolute atomic E-state index is 0.135. The zero-order valence-electron chi connectivity index (χ0n) is 19.5. The second kappa shape index (κ2) is 8.31. The minimum atomic E-state index is -0.430. The van der Waals surface area contributed by atoms with Crippen LogP contribution in [-0.4, -0.2) is 65.3 Å². The van der Waals surface area contributed by atoms with Crippen LogP contribution < -0.4 is 10.2 Å². The van der Waals surface area contributed by atoms with E-state index in [1.54, 1.807) is 11.9 Å². The standard InChI is InChI=1S/C25H30ClN5O2/c1-15-5-6-17(3)18(11-15)14-31-23(32)21-22(28(4)25(31)33)27-24-29(12-16(2)13-30(21)24)20-9-7-19(26)8-10-20/h5-11,16,21-22,24,27H,12-14H2,1-4H3. The number of nitrogens with one attached hydrogen (secondary N) is 1. The Morgan fingerprint density at radius 1 is 1.06 bits per heavy atom.